The number of nitrogens with two attached hydrogens (primary N) is 1. The van der Waals surface area contributed by atoms with Gasteiger partial charge in [0.2, 0.25) is 5.82 Å². The zero-order chi connectivity index (χ0) is 31.3. The minimum Gasteiger partial charge on any atom is -0.490 e. The van der Waals surface area contributed by atoms with Gasteiger partial charge in [0.1, 0.15) is 17.7 Å². The lowest BCUT2D eigenvalue weighted by Gasteiger charge is -2.27. The Morgan fingerprint density at radius 1 is 0.978 bits per heavy atom. The molecule has 1 aliphatic carbocycles. The highest BCUT2D eigenvalue weighted by atomic mass is 16.6. The lowest BCUT2D eigenvalue weighted by Crippen LogP contribution is -2.33. The first-order chi connectivity index (χ1) is 21.9. The Bertz CT molecular complexity index is 1810. The third kappa shape index (κ3) is 6.68. The fourth-order valence-corrected chi connectivity index (χ4v) is 6.14. The van der Waals surface area contributed by atoms with Crippen LogP contribution in [0.2, 0.25) is 0 Å². The van der Waals surface area contributed by atoms with E-state index < -0.39 is 0 Å². The van der Waals surface area contributed by atoms with Gasteiger partial charge in [-0.25, -0.2) is 4.98 Å². The molecule has 0 amide bonds. The zero-order valence-corrected chi connectivity index (χ0v) is 26.0. The summed E-state index contributed by atoms with van der Waals surface area (Å²) in [4.78, 5) is 23.3. The van der Waals surface area contributed by atoms with Crippen molar-refractivity contribution in [3.8, 4) is 40.0 Å². The van der Waals surface area contributed by atoms with Crippen molar-refractivity contribution in [3.05, 3.63) is 106 Å². The van der Waals surface area contributed by atoms with E-state index in [1.165, 1.54) is 7.11 Å². The Kier molecular flexibility index (Phi) is 9.07. The summed E-state index contributed by atoms with van der Waals surface area (Å²) >= 11 is 0. The number of nitrogens with zero attached hydrogens (tertiary/aromatic N) is 4. The Balaban J connectivity index is 1.27. The van der Waals surface area contributed by atoms with Gasteiger partial charge in [-0.05, 0) is 80.0 Å². The second-order valence-corrected chi connectivity index (χ2v) is 11.6. The Hall–Kier alpha value is -4.76. The van der Waals surface area contributed by atoms with Crippen LogP contribution in [0.15, 0.2) is 82.1 Å². The average Bonchev–Trinajstić information content (AvgIpc) is 3.54. The molecule has 6 rings (SSSR count). The maximum Gasteiger partial charge on any atom is 0.417 e. The van der Waals surface area contributed by atoms with Crippen molar-refractivity contribution in [2.45, 2.75) is 70.9 Å². The minimum atomic E-state index is -0.0432. The first-order valence-electron chi connectivity index (χ1n) is 15.6. The van der Waals surface area contributed by atoms with Crippen LogP contribution in [-0.4, -0.2) is 38.9 Å². The van der Waals surface area contributed by atoms with E-state index in [1.54, 1.807) is 4.57 Å². The molecule has 2 unspecified atom stereocenters. The molecule has 2 heterocycles. The number of hydrogen-bond acceptors (Lipinski definition) is 8. The summed E-state index contributed by atoms with van der Waals surface area (Å²) in [5.74, 6) is 1.92. The van der Waals surface area contributed by atoms with E-state index in [-0.39, 0.29) is 23.8 Å². The van der Waals surface area contributed by atoms with Crippen LogP contribution < -0.4 is 20.8 Å². The van der Waals surface area contributed by atoms with Crippen molar-refractivity contribution in [1.29, 1.82) is 0 Å². The van der Waals surface area contributed by atoms with Gasteiger partial charge in [-0.2, -0.15) is 4.98 Å². The predicted octanol–water partition coefficient (Wildman–Crippen LogP) is 6.46. The molecular formula is C36H39N5O4. The Labute approximate surface area is 263 Å². The van der Waals surface area contributed by atoms with Crippen LogP contribution in [0.3, 0.4) is 0 Å². The van der Waals surface area contributed by atoms with Crippen LogP contribution in [0.5, 0.6) is 11.8 Å². The topological polar surface area (TPSA) is 118 Å². The van der Waals surface area contributed by atoms with Crippen LogP contribution in [0.25, 0.3) is 28.2 Å². The summed E-state index contributed by atoms with van der Waals surface area (Å²) in [6, 6.07) is 24.1. The van der Waals surface area contributed by atoms with Gasteiger partial charge in [0.05, 0.1) is 18.5 Å². The van der Waals surface area contributed by atoms with Gasteiger partial charge in [0.25, 0.3) is 5.56 Å². The molecule has 5 aromatic rings. The number of ether oxygens (including phenoxy) is 2. The monoisotopic (exact) mass is 605 g/mol. The van der Waals surface area contributed by atoms with Gasteiger partial charge in [-0.3, -0.25) is 13.9 Å². The second kappa shape index (κ2) is 13.5. The molecule has 2 atom stereocenters. The summed E-state index contributed by atoms with van der Waals surface area (Å²) in [7, 11) is 1.49. The third-order valence-electron chi connectivity index (χ3n) is 8.38. The van der Waals surface area contributed by atoms with Gasteiger partial charge >= 0.3 is 6.08 Å². The molecule has 3 aromatic carbocycles. The summed E-state index contributed by atoms with van der Waals surface area (Å²) in [6.07, 6.45) is 6.39. The maximum absolute atomic E-state index is 14.1. The SMILES string of the molecule is CCCc1nc(C)n(-c2ccc(OC3CCCC(N)C3)cc2)c(=O)c1Cc1ccc(-c2ccccc2-c2noc(OC)n2)cc1. The molecule has 9 heteroatoms. The fourth-order valence-electron chi connectivity index (χ4n) is 6.14. The summed E-state index contributed by atoms with van der Waals surface area (Å²) in [5.41, 5.74) is 12.3. The summed E-state index contributed by atoms with van der Waals surface area (Å²) < 4.78 is 18.1. The molecule has 0 saturated heterocycles. The number of benzene rings is 3. The molecule has 2 aromatic heterocycles. The van der Waals surface area contributed by atoms with Crippen LogP contribution in [0.1, 0.15) is 61.7 Å². The molecule has 0 aliphatic heterocycles. The van der Waals surface area contributed by atoms with Gasteiger partial charge < -0.3 is 15.2 Å². The molecule has 1 aliphatic rings. The minimum absolute atomic E-state index is 0.0432. The highest BCUT2D eigenvalue weighted by Crippen LogP contribution is 2.32. The van der Waals surface area contributed by atoms with Crippen LogP contribution in [-0.2, 0) is 12.8 Å². The smallest absolute Gasteiger partial charge is 0.417 e. The standard InChI is InChI=1S/C36H39N5O4/c1-4-8-33-32(21-24-13-15-25(16-14-24)30-11-5-6-12-31(30)34-39-36(43-3)45-40-34)35(42)41(23(2)38-33)27-17-19-28(20-18-27)44-29-10-7-9-26(37)22-29/h5-6,11-20,26,29H,4,7-10,21-22,37H2,1-3H3. The first-order valence-corrected chi connectivity index (χ1v) is 15.6. The van der Waals surface area contributed by atoms with Crippen LogP contribution >= 0.6 is 0 Å². The number of methoxy groups -OCH3 is 1. The summed E-state index contributed by atoms with van der Waals surface area (Å²) in [6.45, 7) is 4.00. The van der Waals surface area contributed by atoms with E-state index >= 15 is 0 Å². The quantitative estimate of drug-likeness (QED) is 0.193. The van der Waals surface area contributed by atoms with Gasteiger partial charge in [0.15, 0.2) is 0 Å². The van der Waals surface area contributed by atoms with E-state index in [2.05, 4.69) is 41.3 Å². The lowest BCUT2D eigenvalue weighted by atomic mass is 9.93. The van der Waals surface area contributed by atoms with E-state index in [0.29, 0.717) is 23.6 Å². The summed E-state index contributed by atoms with van der Waals surface area (Å²) in [5, 5.41) is 4.06. The number of aromatic nitrogens is 4. The Morgan fingerprint density at radius 2 is 1.73 bits per heavy atom. The highest BCUT2D eigenvalue weighted by Gasteiger charge is 2.21. The maximum atomic E-state index is 14.1. The Morgan fingerprint density at radius 3 is 2.42 bits per heavy atom. The molecule has 232 valence electrons. The fraction of sp³-hybridized carbons (Fsp3) is 0.333. The van der Waals surface area contributed by atoms with Crippen molar-refractivity contribution >= 4 is 0 Å². The van der Waals surface area contributed by atoms with Crippen molar-refractivity contribution in [2.75, 3.05) is 7.11 Å². The van der Waals surface area contributed by atoms with Crippen molar-refractivity contribution < 1.29 is 14.0 Å². The van der Waals surface area contributed by atoms with Crippen LogP contribution in [0.4, 0.5) is 0 Å². The van der Waals surface area contributed by atoms with E-state index in [4.69, 9.17) is 24.7 Å². The van der Waals surface area contributed by atoms with E-state index in [9.17, 15) is 4.79 Å². The first kappa shape index (κ1) is 30.3. The molecule has 1 saturated carbocycles. The molecule has 1 fully saturated rings. The average molecular weight is 606 g/mol. The number of rotatable bonds is 10. The second-order valence-electron chi connectivity index (χ2n) is 11.6. The number of aryl methyl sites for hydroxylation is 2. The third-order valence-corrected chi connectivity index (χ3v) is 8.38. The van der Waals surface area contributed by atoms with Crippen molar-refractivity contribution in [1.82, 2.24) is 19.7 Å². The molecule has 0 spiro atoms. The lowest BCUT2D eigenvalue weighted by molar-refractivity contribution is 0.144. The normalized spacial score (nSPS) is 16.4. The molecule has 2 N–H and O–H groups in total. The largest absolute Gasteiger partial charge is 0.490 e. The number of hydrogen-bond donors (Lipinski definition) is 1. The zero-order valence-electron chi connectivity index (χ0n) is 26.0. The molecule has 0 bridgehead atoms. The predicted molar refractivity (Wildman–Crippen MR) is 174 cm³/mol. The van der Waals surface area contributed by atoms with E-state index in [1.807, 2.05) is 55.5 Å². The van der Waals surface area contributed by atoms with Crippen molar-refractivity contribution in [3.63, 3.8) is 0 Å². The van der Waals surface area contributed by atoms with Crippen LogP contribution in [0, 0.1) is 6.92 Å². The van der Waals surface area contributed by atoms with Gasteiger partial charge in [-0.1, -0.05) is 67.0 Å². The molecule has 9 nitrogen and oxygen atoms in total. The van der Waals surface area contributed by atoms with E-state index in [0.717, 1.165) is 77.9 Å². The highest BCUT2D eigenvalue weighted by molar-refractivity contribution is 5.80. The van der Waals surface area contributed by atoms with Gasteiger partial charge in [0, 0.05) is 23.6 Å². The molecular weight excluding hydrogens is 566 g/mol. The molecule has 45 heavy (non-hydrogen) atoms. The van der Waals surface area contributed by atoms with Gasteiger partial charge in [-0.15, -0.1) is 0 Å². The molecule has 0 radical (unpaired) electrons. The van der Waals surface area contributed by atoms with Crippen molar-refractivity contribution in [2.24, 2.45) is 5.73 Å².